The molecule has 2 rings (SSSR count). The molecule has 1 N–H and O–H groups in total. The summed E-state index contributed by atoms with van der Waals surface area (Å²) < 4.78 is 9.79. The summed E-state index contributed by atoms with van der Waals surface area (Å²) in [6.45, 7) is 3.45. The molecule has 0 atom stereocenters. The normalized spacial score (nSPS) is 15.8. The van der Waals surface area contributed by atoms with Gasteiger partial charge in [0.1, 0.15) is 5.82 Å². The third-order valence-electron chi connectivity index (χ3n) is 3.66. The highest BCUT2D eigenvalue weighted by Gasteiger charge is 2.41. The van der Waals surface area contributed by atoms with Crippen LogP contribution in [0.5, 0.6) is 0 Å². The standard InChI is InChI=1S/C14H21N3O3/c1-10-8-11(17-12(16-10)13(18)20-3)15-9-14(4-5-14)6-7-19-2/h8H,4-7,9H2,1-3H3,(H,15,16,17). The maximum atomic E-state index is 11.5. The van der Waals surface area contributed by atoms with Gasteiger partial charge in [0.25, 0.3) is 0 Å². The number of esters is 1. The van der Waals surface area contributed by atoms with Crippen molar-refractivity contribution in [2.45, 2.75) is 26.2 Å². The Morgan fingerprint density at radius 1 is 1.40 bits per heavy atom. The van der Waals surface area contributed by atoms with Crippen LogP contribution in [0.25, 0.3) is 0 Å². The average Bonchev–Trinajstić information content (AvgIpc) is 3.22. The van der Waals surface area contributed by atoms with Gasteiger partial charge in [-0.3, -0.25) is 0 Å². The second-order valence-corrected chi connectivity index (χ2v) is 5.31. The molecule has 1 aliphatic rings. The van der Waals surface area contributed by atoms with Crippen molar-refractivity contribution in [2.24, 2.45) is 5.41 Å². The Balaban J connectivity index is 1.99. The second-order valence-electron chi connectivity index (χ2n) is 5.31. The molecule has 1 saturated carbocycles. The van der Waals surface area contributed by atoms with Crippen LogP contribution in [0.3, 0.4) is 0 Å². The molecule has 1 heterocycles. The second kappa shape index (κ2) is 6.17. The molecule has 0 unspecified atom stereocenters. The zero-order valence-corrected chi connectivity index (χ0v) is 12.2. The van der Waals surface area contributed by atoms with Gasteiger partial charge in [-0.15, -0.1) is 0 Å². The lowest BCUT2D eigenvalue weighted by Crippen LogP contribution is -2.19. The highest BCUT2D eigenvalue weighted by atomic mass is 16.5. The molecule has 0 aromatic carbocycles. The summed E-state index contributed by atoms with van der Waals surface area (Å²) in [5.41, 5.74) is 1.06. The molecule has 0 radical (unpaired) electrons. The summed E-state index contributed by atoms with van der Waals surface area (Å²) in [7, 11) is 3.05. The van der Waals surface area contributed by atoms with E-state index in [0.29, 0.717) is 11.2 Å². The van der Waals surface area contributed by atoms with E-state index in [1.54, 1.807) is 7.11 Å². The predicted molar refractivity (Wildman–Crippen MR) is 74.8 cm³/mol. The summed E-state index contributed by atoms with van der Waals surface area (Å²) in [5, 5.41) is 3.30. The van der Waals surface area contributed by atoms with Gasteiger partial charge in [0.05, 0.1) is 7.11 Å². The molecule has 0 saturated heterocycles. The van der Waals surface area contributed by atoms with E-state index >= 15 is 0 Å². The van der Waals surface area contributed by atoms with Crippen LogP contribution in [0.4, 0.5) is 5.82 Å². The van der Waals surface area contributed by atoms with Crippen molar-refractivity contribution >= 4 is 11.8 Å². The average molecular weight is 279 g/mol. The molecule has 110 valence electrons. The SMILES string of the molecule is COCCC1(CNc2cc(C)nc(C(=O)OC)n2)CC1. The van der Waals surface area contributed by atoms with Gasteiger partial charge in [-0.1, -0.05) is 0 Å². The number of ether oxygens (including phenoxy) is 2. The molecule has 0 aliphatic heterocycles. The number of rotatable bonds is 7. The Morgan fingerprint density at radius 3 is 2.75 bits per heavy atom. The number of aromatic nitrogens is 2. The minimum Gasteiger partial charge on any atom is -0.463 e. The third kappa shape index (κ3) is 3.66. The fraction of sp³-hybridized carbons (Fsp3) is 0.643. The van der Waals surface area contributed by atoms with Gasteiger partial charge in [-0.2, -0.15) is 0 Å². The fourth-order valence-corrected chi connectivity index (χ4v) is 2.13. The quantitative estimate of drug-likeness (QED) is 0.767. The zero-order valence-electron chi connectivity index (χ0n) is 12.2. The van der Waals surface area contributed by atoms with Gasteiger partial charge in [-0.05, 0) is 31.6 Å². The molecule has 1 aromatic heterocycles. The first-order chi connectivity index (χ1) is 9.58. The Hall–Kier alpha value is -1.69. The molecule has 0 amide bonds. The van der Waals surface area contributed by atoms with Crippen LogP contribution < -0.4 is 5.32 Å². The summed E-state index contributed by atoms with van der Waals surface area (Å²) in [4.78, 5) is 19.7. The molecule has 20 heavy (non-hydrogen) atoms. The van der Waals surface area contributed by atoms with Crippen LogP contribution in [0, 0.1) is 12.3 Å². The van der Waals surface area contributed by atoms with Gasteiger partial charge >= 0.3 is 5.97 Å². The molecular weight excluding hydrogens is 258 g/mol. The molecule has 1 fully saturated rings. The van der Waals surface area contributed by atoms with E-state index in [1.807, 2.05) is 13.0 Å². The summed E-state index contributed by atoms with van der Waals surface area (Å²) >= 11 is 0. The van der Waals surface area contributed by atoms with Crippen LogP contribution in [0.15, 0.2) is 6.07 Å². The van der Waals surface area contributed by atoms with E-state index in [1.165, 1.54) is 20.0 Å². The molecule has 0 bridgehead atoms. The first-order valence-electron chi connectivity index (χ1n) is 6.75. The van der Waals surface area contributed by atoms with E-state index in [4.69, 9.17) is 4.74 Å². The molecule has 0 spiro atoms. The Bertz CT molecular complexity index is 487. The highest BCUT2D eigenvalue weighted by Crippen LogP contribution is 2.48. The summed E-state index contributed by atoms with van der Waals surface area (Å²) in [5.74, 6) is 0.246. The highest BCUT2D eigenvalue weighted by molar-refractivity contribution is 5.85. The lowest BCUT2D eigenvalue weighted by molar-refractivity contribution is 0.0586. The Labute approximate surface area is 118 Å². The van der Waals surface area contributed by atoms with E-state index in [0.717, 1.165) is 25.3 Å². The van der Waals surface area contributed by atoms with Crippen molar-refractivity contribution < 1.29 is 14.3 Å². The van der Waals surface area contributed by atoms with Gasteiger partial charge in [0.2, 0.25) is 5.82 Å². The summed E-state index contributed by atoms with van der Waals surface area (Å²) in [6.07, 6.45) is 3.46. The van der Waals surface area contributed by atoms with E-state index in [9.17, 15) is 4.79 Å². The molecular formula is C14H21N3O3. The number of methoxy groups -OCH3 is 2. The maximum Gasteiger partial charge on any atom is 0.376 e. The van der Waals surface area contributed by atoms with Gasteiger partial charge in [0.15, 0.2) is 0 Å². The van der Waals surface area contributed by atoms with E-state index in [-0.39, 0.29) is 5.82 Å². The minimum absolute atomic E-state index is 0.0942. The molecule has 6 nitrogen and oxygen atoms in total. The Morgan fingerprint density at radius 2 is 2.15 bits per heavy atom. The van der Waals surface area contributed by atoms with Crippen molar-refractivity contribution in [2.75, 3.05) is 32.7 Å². The van der Waals surface area contributed by atoms with Gasteiger partial charge < -0.3 is 14.8 Å². The number of aryl methyl sites for hydroxylation is 1. The maximum absolute atomic E-state index is 11.5. The van der Waals surface area contributed by atoms with Crippen molar-refractivity contribution in [1.29, 1.82) is 0 Å². The van der Waals surface area contributed by atoms with Crippen LogP contribution in [-0.2, 0) is 9.47 Å². The van der Waals surface area contributed by atoms with Crippen LogP contribution >= 0.6 is 0 Å². The number of anilines is 1. The predicted octanol–water partition coefficient (Wildman–Crippen LogP) is 1.80. The number of hydrogen-bond acceptors (Lipinski definition) is 6. The number of nitrogens with one attached hydrogen (secondary N) is 1. The van der Waals surface area contributed by atoms with Crippen LogP contribution in [-0.4, -0.2) is 43.3 Å². The largest absolute Gasteiger partial charge is 0.463 e. The zero-order chi connectivity index (χ0) is 14.6. The molecule has 1 aliphatic carbocycles. The number of hydrogen-bond donors (Lipinski definition) is 1. The van der Waals surface area contributed by atoms with Gasteiger partial charge in [-0.25, -0.2) is 14.8 Å². The minimum atomic E-state index is -0.516. The molecule has 6 heteroatoms. The monoisotopic (exact) mass is 279 g/mol. The van der Waals surface area contributed by atoms with Crippen LogP contribution in [0.2, 0.25) is 0 Å². The number of carbonyl (C=O) groups excluding carboxylic acids is 1. The smallest absolute Gasteiger partial charge is 0.376 e. The topological polar surface area (TPSA) is 73.3 Å². The molecule has 1 aromatic rings. The van der Waals surface area contributed by atoms with Crippen molar-refractivity contribution in [3.8, 4) is 0 Å². The van der Waals surface area contributed by atoms with Crippen molar-refractivity contribution in [3.05, 3.63) is 17.6 Å². The lowest BCUT2D eigenvalue weighted by Gasteiger charge is -2.16. The first-order valence-corrected chi connectivity index (χ1v) is 6.75. The van der Waals surface area contributed by atoms with Crippen molar-refractivity contribution in [1.82, 2.24) is 9.97 Å². The Kier molecular flexibility index (Phi) is 4.54. The van der Waals surface area contributed by atoms with Crippen molar-refractivity contribution in [3.63, 3.8) is 0 Å². The lowest BCUT2D eigenvalue weighted by atomic mass is 10.0. The third-order valence-corrected chi connectivity index (χ3v) is 3.66. The number of nitrogens with zero attached hydrogens (tertiary/aromatic N) is 2. The van der Waals surface area contributed by atoms with E-state index in [2.05, 4.69) is 20.0 Å². The fourth-order valence-electron chi connectivity index (χ4n) is 2.13. The van der Waals surface area contributed by atoms with Gasteiger partial charge in [0, 0.05) is 32.0 Å². The van der Waals surface area contributed by atoms with E-state index < -0.39 is 5.97 Å². The summed E-state index contributed by atoms with van der Waals surface area (Å²) in [6, 6.07) is 1.83. The number of carbonyl (C=O) groups is 1. The van der Waals surface area contributed by atoms with Crippen LogP contribution in [0.1, 0.15) is 35.6 Å². The first kappa shape index (κ1) is 14.7.